The van der Waals surface area contributed by atoms with Crippen LogP contribution < -0.4 is 4.90 Å². The highest BCUT2D eigenvalue weighted by atomic mass is 32.1. The molecule has 62 heavy (non-hydrogen) atoms. The largest absolute Gasteiger partial charge is 0.309 e. The van der Waals surface area contributed by atoms with Gasteiger partial charge in [0.1, 0.15) is 0 Å². The lowest BCUT2D eigenvalue weighted by atomic mass is 9.99. The number of fused-ring (bicyclic) bond motifs is 11. The number of hydrogen-bond donors (Lipinski definition) is 0. The van der Waals surface area contributed by atoms with E-state index in [4.69, 9.17) is 0 Å². The molecule has 0 spiro atoms. The van der Waals surface area contributed by atoms with E-state index in [1.54, 1.807) is 0 Å². The van der Waals surface area contributed by atoms with Gasteiger partial charge in [0.25, 0.3) is 0 Å². The Hall–Kier alpha value is -7.50. The van der Waals surface area contributed by atoms with Gasteiger partial charge < -0.3 is 9.47 Å². The molecule has 0 N–H and O–H groups in total. The van der Waals surface area contributed by atoms with Gasteiger partial charge in [-0.1, -0.05) is 152 Å². The van der Waals surface area contributed by atoms with E-state index in [0.717, 1.165) is 17.1 Å². The Morgan fingerprint density at radius 3 is 1.79 bits per heavy atom. The van der Waals surface area contributed by atoms with Crippen molar-refractivity contribution >= 4 is 113 Å². The third kappa shape index (κ3) is 5.47. The zero-order chi connectivity index (χ0) is 40.7. The summed E-state index contributed by atoms with van der Waals surface area (Å²) in [5, 5.41) is 10.3. The van der Waals surface area contributed by atoms with Gasteiger partial charge in [-0.2, -0.15) is 0 Å². The van der Waals surface area contributed by atoms with Crippen molar-refractivity contribution in [2.45, 2.75) is 0 Å². The monoisotopic (exact) mass is 824 g/mol. The fourth-order valence-electron chi connectivity index (χ4n) is 9.75. The van der Waals surface area contributed by atoms with Gasteiger partial charge in [0.05, 0.1) is 21.4 Å². The molecule has 290 valence electrons. The van der Waals surface area contributed by atoms with Crippen LogP contribution in [0.3, 0.4) is 0 Å². The molecule has 0 unspecified atom stereocenters. The minimum absolute atomic E-state index is 1.11. The summed E-state index contributed by atoms with van der Waals surface area (Å²) in [6.07, 6.45) is 0. The quantitative estimate of drug-likeness (QED) is 0.162. The molecule has 0 amide bonds. The van der Waals surface area contributed by atoms with E-state index < -0.39 is 0 Å². The van der Waals surface area contributed by atoms with Gasteiger partial charge >= 0.3 is 0 Å². The smallest absolute Gasteiger partial charge is 0.0640 e. The SMILES string of the molecule is c1ccc(-n2c3cc(-c4ccc(N(c5ccc(-c6cccc7sc8ccccc8c67)cc5)c5cccc6c5sc5ccccc56)cc4)ccc3c3ccc4ccccc4c32)cc1. The topological polar surface area (TPSA) is 8.17 Å². The van der Waals surface area contributed by atoms with Gasteiger partial charge in [-0.3, -0.25) is 0 Å². The van der Waals surface area contributed by atoms with Crippen molar-refractivity contribution in [2.75, 3.05) is 4.90 Å². The van der Waals surface area contributed by atoms with Crippen molar-refractivity contribution in [3.8, 4) is 27.9 Å². The predicted molar refractivity (Wildman–Crippen MR) is 270 cm³/mol. The van der Waals surface area contributed by atoms with Crippen LogP contribution in [0.5, 0.6) is 0 Å². The molecule has 4 heteroatoms. The van der Waals surface area contributed by atoms with Gasteiger partial charge in [-0.15, -0.1) is 22.7 Å². The minimum Gasteiger partial charge on any atom is -0.309 e. The second-order valence-corrected chi connectivity index (χ2v) is 18.2. The Morgan fingerprint density at radius 2 is 0.984 bits per heavy atom. The first-order valence-corrected chi connectivity index (χ1v) is 22.7. The van der Waals surface area contributed by atoms with E-state index in [-0.39, 0.29) is 0 Å². The average molecular weight is 825 g/mol. The Morgan fingerprint density at radius 1 is 0.371 bits per heavy atom. The molecule has 0 saturated carbocycles. The van der Waals surface area contributed by atoms with Crippen LogP contribution in [0.2, 0.25) is 0 Å². The summed E-state index contributed by atoms with van der Waals surface area (Å²) in [4.78, 5) is 2.44. The standard InChI is InChI=1S/C58H36N2S2/c1-2-13-41(14-3-1)60-52-36-40(29-34-46(52)48-35-28-38-12-4-5-15-45(38)57(48)60)37-24-30-42(31-25-37)59(51-20-10-19-49-47-16-6-8-21-53(47)62-58(49)51)43-32-26-39(27-33-43)44-18-11-23-55-56(44)50-17-7-9-22-54(50)61-55/h1-36H. The highest BCUT2D eigenvalue weighted by Gasteiger charge is 2.20. The van der Waals surface area contributed by atoms with Crippen molar-refractivity contribution in [3.63, 3.8) is 0 Å². The third-order valence-corrected chi connectivity index (χ3v) is 14.9. The molecule has 0 aliphatic rings. The van der Waals surface area contributed by atoms with Crippen LogP contribution in [0.25, 0.3) is 101 Å². The molecule has 0 aliphatic carbocycles. The number of thiophene rings is 2. The van der Waals surface area contributed by atoms with E-state index in [9.17, 15) is 0 Å². The summed E-state index contributed by atoms with van der Waals surface area (Å²) in [7, 11) is 0. The van der Waals surface area contributed by atoms with Crippen molar-refractivity contribution in [2.24, 2.45) is 0 Å². The van der Waals surface area contributed by atoms with Gasteiger partial charge in [-0.25, -0.2) is 0 Å². The Kier molecular flexibility index (Phi) is 7.99. The normalized spacial score (nSPS) is 11.9. The minimum atomic E-state index is 1.11. The number of para-hydroxylation sites is 1. The van der Waals surface area contributed by atoms with Gasteiger partial charge in [-0.05, 0) is 94.4 Å². The highest BCUT2D eigenvalue weighted by molar-refractivity contribution is 7.26. The number of nitrogens with zero attached hydrogens (tertiary/aromatic N) is 2. The Labute approximate surface area is 366 Å². The third-order valence-electron chi connectivity index (χ3n) is 12.6. The predicted octanol–water partition coefficient (Wildman–Crippen LogP) is 17.5. The van der Waals surface area contributed by atoms with Crippen molar-refractivity contribution in [1.29, 1.82) is 0 Å². The average Bonchev–Trinajstić information content (AvgIpc) is 4.02. The molecule has 2 nitrogen and oxygen atoms in total. The lowest BCUT2D eigenvalue weighted by Crippen LogP contribution is -2.10. The molecule has 0 radical (unpaired) electrons. The first kappa shape index (κ1) is 35.3. The summed E-state index contributed by atoms with van der Waals surface area (Å²) in [5.41, 5.74) is 11.9. The van der Waals surface area contributed by atoms with E-state index in [1.165, 1.54) is 101 Å². The molecular formula is C58H36N2S2. The van der Waals surface area contributed by atoms with Crippen LogP contribution in [0, 0.1) is 0 Å². The number of aromatic nitrogens is 1. The van der Waals surface area contributed by atoms with Gasteiger partial charge in [0.2, 0.25) is 0 Å². The second kappa shape index (κ2) is 14.0. The molecule has 0 atom stereocenters. The molecule has 10 aromatic carbocycles. The first-order chi connectivity index (χ1) is 30.7. The summed E-state index contributed by atoms with van der Waals surface area (Å²) in [6.45, 7) is 0. The molecule has 0 aliphatic heterocycles. The van der Waals surface area contributed by atoms with Crippen LogP contribution in [0.15, 0.2) is 218 Å². The zero-order valence-electron chi connectivity index (χ0n) is 33.5. The fourth-order valence-corrected chi connectivity index (χ4v) is 12.1. The summed E-state index contributed by atoms with van der Waals surface area (Å²) < 4.78 is 7.67. The van der Waals surface area contributed by atoms with Crippen molar-refractivity contribution in [3.05, 3.63) is 218 Å². The van der Waals surface area contributed by atoms with Crippen LogP contribution >= 0.6 is 22.7 Å². The van der Waals surface area contributed by atoms with Crippen LogP contribution in [-0.4, -0.2) is 4.57 Å². The molecular weight excluding hydrogens is 789 g/mol. The van der Waals surface area contributed by atoms with Crippen molar-refractivity contribution in [1.82, 2.24) is 4.57 Å². The van der Waals surface area contributed by atoms with Crippen LogP contribution in [0.1, 0.15) is 0 Å². The van der Waals surface area contributed by atoms with E-state index in [0.29, 0.717) is 0 Å². The highest BCUT2D eigenvalue weighted by Crippen LogP contribution is 2.47. The van der Waals surface area contributed by atoms with Gasteiger partial charge in [0, 0.05) is 68.9 Å². The number of benzene rings is 10. The summed E-state index contributed by atoms with van der Waals surface area (Å²) >= 11 is 3.74. The lowest BCUT2D eigenvalue weighted by molar-refractivity contribution is 1.19. The van der Waals surface area contributed by atoms with E-state index in [2.05, 4.69) is 228 Å². The summed E-state index contributed by atoms with van der Waals surface area (Å²) in [5.74, 6) is 0. The van der Waals surface area contributed by atoms with Gasteiger partial charge in [0.15, 0.2) is 0 Å². The number of anilines is 3. The molecule has 0 fully saturated rings. The van der Waals surface area contributed by atoms with Crippen molar-refractivity contribution < 1.29 is 0 Å². The molecule has 3 heterocycles. The Bertz CT molecular complexity index is 3850. The van der Waals surface area contributed by atoms with E-state index in [1.807, 2.05) is 22.7 Å². The maximum absolute atomic E-state index is 2.45. The first-order valence-electron chi connectivity index (χ1n) is 21.1. The summed E-state index contributed by atoms with van der Waals surface area (Å²) in [6, 6.07) is 80.4. The molecule has 0 saturated heterocycles. The number of hydrogen-bond acceptors (Lipinski definition) is 3. The maximum Gasteiger partial charge on any atom is 0.0640 e. The lowest BCUT2D eigenvalue weighted by Gasteiger charge is -2.26. The van der Waals surface area contributed by atoms with E-state index >= 15 is 0 Å². The molecule has 13 rings (SSSR count). The molecule has 13 aromatic rings. The fraction of sp³-hybridized carbons (Fsp3) is 0. The molecule has 0 bridgehead atoms. The zero-order valence-corrected chi connectivity index (χ0v) is 35.1. The molecule has 3 aromatic heterocycles. The van der Waals surface area contributed by atoms with Crippen LogP contribution in [-0.2, 0) is 0 Å². The second-order valence-electron chi connectivity index (χ2n) is 16.0. The van der Waals surface area contributed by atoms with Crippen LogP contribution in [0.4, 0.5) is 17.1 Å². The number of rotatable bonds is 6. The Balaban J connectivity index is 0.954. The maximum atomic E-state index is 2.45.